The molecule has 10 nitrogen and oxygen atoms in total. The molecule has 1 aliphatic heterocycles. The van der Waals surface area contributed by atoms with Crippen molar-refractivity contribution >= 4 is 28.7 Å². The van der Waals surface area contributed by atoms with Crippen molar-refractivity contribution in [3.8, 4) is 0 Å². The van der Waals surface area contributed by atoms with Gasteiger partial charge >= 0.3 is 6.03 Å². The van der Waals surface area contributed by atoms with Gasteiger partial charge in [0.15, 0.2) is 0 Å². The van der Waals surface area contributed by atoms with Gasteiger partial charge in [0.2, 0.25) is 0 Å². The van der Waals surface area contributed by atoms with Crippen molar-refractivity contribution < 1.29 is 14.4 Å². The molecule has 1 aromatic carbocycles. The standard InChI is InChI=1S/C18H20N6O4/c1-11-6-8-18(9-7-11)16(27)24(17(28)19-18)21-14(25)10-23-15(26)12-4-2-3-5-13(12)20-22-23/h2-5,11H,6-10H2,1H3,(H,19,28)(H,21,25). The van der Waals surface area contributed by atoms with E-state index in [-0.39, 0.29) is 0 Å². The van der Waals surface area contributed by atoms with E-state index >= 15 is 0 Å². The third kappa shape index (κ3) is 3.00. The van der Waals surface area contributed by atoms with E-state index in [0.29, 0.717) is 34.7 Å². The van der Waals surface area contributed by atoms with Crippen LogP contribution in [0.5, 0.6) is 0 Å². The highest BCUT2D eigenvalue weighted by Gasteiger charge is 2.52. The van der Waals surface area contributed by atoms with E-state index in [4.69, 9.17) is 0 Å². The smallest absolute Gasteiger partial charge is 0.322 e. The Morgan fingerprint density at radius 2 is 1.96 bits per heavy atom. The number of imide groups is 1. The molecule has 2 aliphatic rings. The van der Waals surface area contributed by atoms with Gasteiger partial charge in [-0.25, -0.2) is 9.48 Å². The van der Waals surface area contributed by atoms with E-state index in [1.807, 2.05) is 0 Å². The summed E-state index contributed by atoms with van der Waals surface area (Å²) in [4.78, 5) is 49.8. The first-order valence-electron chi connectivity index (χ1n) is 9.18. The maximum atomic E-state index is 12.8. The number of carbonyl (C=O) groups excluding carboxylic acids is 3. The lowest BCUT2D eigenvalue weighted by atomic mass is 9.77. The van der Waals surface area contributed by atoms with Gasteiger partial charge in [-0.2, -0.15) is 5.01 Å². The van der Waals surface area contributed by atoms with Crippen LogP contribution in [0.2, 0.25) is 0 Å². The van der Waals surface area contributed by atoms with Crippen molar-refractivity contribution in [3.63, 3.8) is 0 Å². The first kappa shape index (κ1) is 18.1. The van der Waals surface area contributed by atoms with Gasteiger partial charge in [-0.3, -0.25) is 19.8 Å². The van der Waals surface area contributed by atoms with Crippen LogP contribution in [0.25, 0.3) is 10.9 Å². The number of aromatic nitrogens is 3. The number of urea groups is 1. The second-order valence-corrected chi connectivity index (χ2v) is 7.44. The number of hydrogen-bond acceptors (Lipinski definition) is 6. The fourth-order valence-electron chi connectivity index (χ4n) is 3.74. The average molecular weight is 384 g/mol. The SMILES string of the molecule is CC1CCC2(CC1)NC(=O)N(NC(=O)Cn1nnc3ccccc3c1=O)C2=O. The highest BCUT2D eigenvalue weighted by Crippen LogP contribution is 2.35. The van der Waals surface area contributed by atoms with Crippen LogP contribution in [0.3, 0.4) is 0 Å². The lowest BCUT2D eigenvalue weighted by molar-refractivity contribution is -0.140. The van der Waals surface area contributed by atoms with E-state index in [9.17, 15) is 19.2 Å². The molecule has 0 unspecified atom stereocenters. The average Bonchev–Trinajstić information content (AvgIpc) is 2.91. The molecule has 28 heavy (non-hydrogen) atoms. The minimum Gasteiger partial charge on any atom is -0.322 e. The molecule has 1 saturated heterocycles. The molecule has 0 bridgehead atoms. The van der Waals surface area contributed by atoms with Crippen molar-refractivity contribution in [1.82, 2.24) is 30.7 Å². The van der Waals surface area contributed by atoms with Gasteiger partial charge in [0.25, 0.3) is 17.4 Å². The Hall–Kier alpha value is -3.30. The number of nitrogens with zero attached hydrogens (tertiary/aromatic N) is 4. The topological polar surface area (TPSA) is 126 Å². The molecule has 1 aromatic heterocycles. The van der Waals surface area contributed by atoms with Gasteiger partial charge in [0, 0.05) is 0 Å². The number of nitrogens with one attached hydrogen (secondary N) is 2. The van der Waals surface area contributed by atoms with Gasteiger partial charge < -0.3 is 5.32 Å². The number of benzene rings is 1. The van der Waals surface area contributed by atoms with Gasteiger partial charge in [0.1, 0.15) is 17.6 Å². The Labute approximate surface area is 159 Å². The van der Waals surface area contributed by atoms with E-state index in [0.717, 1.165) is 17.5 Å². The highest BCUT2D eigenvalue weighted by atomic mass is 16.2. The van der Waals surface area contributed by atoms with Crippen LogP contribution >= 0.6 is 0 Å². The lowest BCUT2D eigenvalue weighted by Crippen LogP contribution is -2.52. The van der Waals surface area contributed by atoms with Gasteiger partial charge in [0.05, 0.1) is 5.39 Å². The molecule has 10 heteroatoms. The minimum atomic E-state index is -0.948. The maximum absolute atomic E-state index is 12.8. The number of fused-ring (bicyclic) bond motifs is 1. The summed E-state index contributed by atoms with van der Waals surface area (Å²) in [5.41, 5.74) is 1.29. The summed E-state index contributed by atoms with van der Waals surface area (Å²) in [5, 5.41) is 11.4. The second kappa shape index (κ2) is 6.70. The Bertz CT molecular complexity index is 1020. The van der Waals surface area contributed by atoms with Crippen LogP contribution in [0.1, 0.15) is 32.6 Å². The molecule has 2 aromatic rings. The summed E-state index contributed by atoms with van der Waals surface area (Å²) >= 11 is 0. The molecule has 1 saturated carbocycles. The molecule has 2 heterocycles. The number of hydrazine groups is 1. The molecular formula is C18H20N6O4. The fourth-order valence-corrected chi connectivity index (χ4v) is 3.74. The third-order valence-corrected chi connectivity index (χ3v) is 5.45. The molecule has 1 spiro atoms. The molecule has 2 N–H and O–H groups in total. The normalized spacial score (nSPS) is 24.6. The fraction of sp³-hybridized carbons (Fsp3) is 0.444. The van der Waals surface area contributed by atoms with Crippen molar-refractivity contribution in [2.24, 2.45) is 5.92 Å². The quantitative estimate of drug-likeness (QED) is 0.734. The Morgan fingerprint density at radius 1 is 1.25 bits per heavy atom. The number of amides is 4. The van der Waals surface area contributed by atoms with Crippen LogP contribution in [0.15, 0.2) is 29.1 Å². The molecule has 146 valence electrons. The largest absolute Gasteiger partial charge is 0.344 e. The second-order valence-electron chi connectivity index (χ2n) is 7.44. The molecule has 2 fully saturated rings. The number of carbonyl (C=O) groups is 3. The third-order valence-electron chi connectivity index (χ3n) is 5.45. The van der Waals surface area contributed by atoms with Crippen molar-refractivity contribution in [3.05, 3.63) is 34.6 Å². The first-order valence-corrected chi connectivity index (χ1v) is 9.18. The van der Waals surface area contributed by atoms with Crippen LogP contribution in [0.4, 0.5) is 4.79 Å². The van der Waals surface area contributed by atoms with E-state index in [2.05, 4.69) is 28.0 Å². The van der Waals surface area contributed by atoms with Crippen molar-refractivity contribution in [1.29, 1.82) is 0 Å². The van der Waals surface area contributed by atoms with Crippen LogP contribution in [-0.2, 0) is 16.1 Å². The first-order chi connectivity index (χ1) is 13.4. The molecule has 1 aliphatic carbocycles. The van der Waals surface area contributed by atoms with Gasteiger partial charge in [-0.05, 0) is 43.7 Å². The molecule has 0 radical (unpaired) electrons. The minimum absolute atomic E-state index is 0.329. The summed E-state index contributed by atoms with van der Waals surface area (Å²) in [6, 6.07) is 5.99. The molecular weight excluding hydrogens is 364 g/mol. The summed E-state index contributed by atoms with van der Waals surface area (Å²) in [6.07, 6.45) is 2.74. The number of rotatable bonds is 3. The Balaban J connectivity index is 1.48. The van der Waals surface area contributed by atoms with Crippen LogP contribution in [0, 0.1) is 5.92 Å². The predicted molar refractivity (Wildman–Crippen MR) is 97.7 cm³/mol. The monoisotopic (exact) mass is 384 g/mol. The van der Waals surface area contributed by atoms with E-state index < -0.39 is 35.5 Å². The summed E-state index contributed by atoms with van der Waals surface area (Å²) < 4.78 is 0.897. The zero-order valence-electron chi connectivity index (χ0n) is 15.3. The summed E-state index contributed by atoms with van der Waals surface area (Å²) in [7, 11) is 0. The summed E-state index contributed by atoms with van der Waals surface area (Å²) in [5.74, 6) is -0.677. The molecule has 4 rings (SSSR count). The Morgan fingerprint density at radius 3 is 2.71 bits per heavy atom. The Kier molecular flexibility index (Phi) is 4.33. The number of hydrogen-bond donors (Lipinski definition) is 2. The van der Waals surface area contributed by atoms with E-state index in [1.165, 1.54) is 0 Å². The van der Waals surface area contributed by atoms with Gasteiger partial charge in [-0.1, -0.05) is 24.3 Å². The molecule has 0 atom stereocenters. The zero-order chi connectivity index (χ0) is 19.9. The van der Waals surface area contributed by atoms with Gasteiger partial charge in [-0.15, -0.1) is 5.10 Å². The highest BCUT2D eigenvalue weighted by molar-refractivity contribution is 6.08. The van der Waals surface area contributed by atoms with Crippen molar-refractivity contribution in [2.75, 3.05) is 0 Å². The van der Waals surface area contributed by atoms with Crippen LogP contribution in [-0.4, -0.2) is 43.4 Å². The maximum Gasteiger partial charge on any atom is 0.344 e. The van der Waals surface area contributed by atoms with Crippen molar-refractivity contribution in [2.45, 2.75) is 44.7 Å². The molecule has 4 amide bonds. The lowest BCUT2D eigenvalue weighted by Gasteiger charge is -2.33. The van der Waals surface area contributed by atoms with Crippen LogP contribution < -0.4 is 16.3 Å². The zero-order valence-corrected chi connectivity index (χ0v) is 15.3. The predicted octanol–water partition coefficient (Wildman–Crippen LogP) is 0.323. The summed E-state index contributed by atoms with van der Waals surface area (Å²) in [6.45, 7) is 1.65. The van der Waals surface area contributed by atoms with E-state index in [1.54, 1.807) is 24.3 Å².